The molecule has 1 atom stereocenters. The molecule has 1 aliphatic heterocycles. The van der Waals surface area contributed by atoms with Crippen LogP contribution in [0.2, 0.25) is 0 Å². The Morgan fingerprint density at radius 3 is 3.00 bits per heavy atom. The minimum Gasteiger partial charge on any atom is -0.497 e. The molecule has 0 aliphatic carbocycles. The molecule has 2 heterocycles. The molecule has 1 aliphatic rings. The van der Waals surface area contributed by atoms with Crippen molar-refractivity contribution in [2.75, 3.05) is 26.9 Å². The van der Waals surface area contributed by atoms with Gasteiger partial charge >= 0.3 is 0 Å². The summed E-state index contributed by atoms with van der Waals surface area (Å²) in [5.41, 5.74) is 1.20. The van der Waals surface area contributed by atoms with E-state index < -0.39 is 0 Å². The molecular weight excluding hydrogens is 294 g/mol. The molecule has 0 spiro atoms. The smallest absolute Gasteiger partial charge is 0.229 e. The average molecular weight is 317 g/mol. The summed E-state index contributed by atoms with van der Waals surface area (Å²) in [6, 6.07) is 8.14. The van der Waals surface area contributed by atoms with Gasteiger partial charge in [0, 0.05) is 19.0 Å². The lowest BCUT2D eigenvalue weighted by atomic mass is 10.1. The summed E-state index contributed by atoms with van der Waals surface area (Å²) >= 11 is 0. The third kappa shape index (κ3) is 3.71. The maximum Gasteiger partial charge on any atom is 0.229 e. The molecule has 0 unspecified atom stereocenters. The van der Waals surface area contributed by atoms with Crippen LogP contribution in [0.25, 0.3) is 0 Å². The summed E-state index contributed by atoms with van der Waals surface area (Å²) in [7, 11) is 1.68. The molecule has 124 valence electrons. The first-order valence-corrected chi connectivity index (χ1v) is 7.95. The second kappa shape index (κ2) is 7.10. The zero-order chi connectivity index (χ0) is 16.2. The van der Waals surface area contributed by atoms with Gasteiger partial charge in [-0.2, -0.15) is 4.98 Å². The third-order valence-electron chi connectivity index (χ3n) is 4.01. The molecule has 0 amide bonds. The molecule has 0 radical (unpaired) electrons. The normalized spacial score (nSPS) is 19.2. The van der Waals surface area contributed by atoms with Crippen LogP contribution >= 0.6 is 0 Å². The quantitative estimate of drug-likeness (QED) is 0.845. The maximum atomic E-state index is 5.63. The van der Waals surface area contributed by atoms with Crippen molar-refractivity contribution < 1.29 is 14.0 Å². The van der Waals surface area contributed by atoms with Crippen LogP contribution in [-0.2, 0) is 11.3 Å². The van der Waals surface area contributed by atoms with E-state index in [4.69, 9.17) is 14.0 Å². The highest BCUT2D eigenvalue weighted by Gasteiger charge is 2.29. The summed E-state index contributed by atoms with van der Waals surface area (Å²) in [6.07, 6.45) is 0. The lowest BCUT2D eigenvalue weighted by molar-refractivity contribution is -0.0166. The van der Waals surface area contributed by atoms with Crippen LogP contribution in [0.3, 0.4) is 0 Å². The molecule has 1 aromatic carbocycles. The summed E-state index contributed by atoms with van der Waals surface area (Å²) in [4.78, 5) is 6.86. The first-order chi connectivity index (χ1) is 11.2. The zero-order valence-corrected chi connectivity index (χ0v) is 13.9. The number of morpholine rings is 1. The molecule has 1 fully saturated rings. The van der Waals surface area contributed by atoms with Crippen LogP contribution in [0, 0.1) is 0 Å². The average Bonchev–Trinajstić information content (AvgIpc) is 3.06. The van der Waals surface area contributed by atoms with Crippen molar-refractivity contribution >= 4 is 0 Å². The van der Waals surface area contributed by atoms with E-state index >= 15 is 0 Å². The number of nitrogens with zero attached hydrogens (tertiary/aromatic N) is 3. The highest BCUT2D eigenvalue weighted by atomic mass is 16.5. The Morgan fingerprint density at radius 2 is 2.26 bits per heavy atom. The molecule has 3 rings (SSSR count). The second-order valence-electron chi connectivity index (χ2n) is 6.06. The van der Waals surface area contributed by atoms with Crippen molar-refractivity contribution in [3.63, 3.8) is 0 Å². The van der Waals surface area contributed by atoms with E-state index in [1.54, 1.807) is 7.11 Å². The highest BCUT2D eigenvalue weighted by Crippen LogP contribution is 2.26. The first-order valence-electron chi connectivity index (χ1n) is 7.95. The van der Waals surface area contributed by atoms with Crippen LogP contribution in [0.1, 0.15) is 43.1 Å². The van der Waals surface area contributed by atoms with Crippen LogP contribution in [0.5, 0.6) is 5.75 Å². The SMILES string of the molecule is COc1cccc(CN2CCOC[C@H]2c2noc(C(C)C)n2)c1. The fourth-order valence-corrected chi connectivity index (χ4v) is 2.69. The summed E-state index contributed by atoms with van der Waals surface area (Å²) < 4.78 is 16.3. The Morgan fingerprint density at radius 1 is 1.39 bits per heavy atom. The lowest BCUT2D eigenvalue weighted by Crippen LogP contribution is -2.39. The Hall–Kier alpha value is -1.92. The Kier molecular flexibility index (Phi) is 4.93. The van der Waals surface area contributed by atoms with E-state index in [9.17, 15) is 0 Å². The van der Waals surface area contributed by atoms with Crippen molar-refractivity contribution in [3.05, 3.63) is 41.5 Å². The molecule has 2 aromatic rings. The van der Waals surface area contributed by atoms with Gasteiger partial charge in [0.2, 0.25) is 5.89 Å². The number of hydrogen-bond acceptors (Lipinski definition) is 6. The molecule has 0 saturated carbocycles. The van der Waals surface area contributed by atoms with Crippen LogP contribution < -0.4 is 4.74 Å². The van der Waals surface area contributed by atoms with Crippen molar-refractivity contribution in [1.82, 2.24) is 15.0 Å². The number of methoxy groups -OCH3 is 1. The third-order valence-corrected chi connectivity index (χ3v) is 4.01. The van der Waals surface area contributed by atoms with Gasteiger partial charge in [-0.3, -0.25) is 4.90 Å². The van der Waals surface area contributed by atoms with Gasteiger partial charge in [-0.05, 0) is 17.7 Å². The minimum atomic E-state index is 0.0196. The fourth-order valence-electron chi connectivity index (χ4n) is 2.69. The van der Waals surface area contributed by atoms with Gasteiger partial charge in [0.15, 0.2) is 5.82 Å². The van der Waals surface area contributed by atoms with E-state index in [0.717, 1.165) is 25.4 Å². The molecule has 6 nitrogen and oxygen atoms in total. The van der Waals surface area contributed by atoms with Crippen LogP contribution in [0.15, 0.2) is 28.8 Å². The minimum absolute atomic E-state index is 0.0196. The van der Waals surface area contributed by atoms with E-state index in [1.807, 2.05) is 26.0 Å². The second-order valence-corrected chi connectivity index (χ2v) is 6.06. The van der Waals surface area contributed by atoms with Gasteiger partial charge in [-0.1, -0.05) is 31.1 Å². The predicted molar refractivity (Wildman–Crippen MR) is 85.4 cm³/mol. The van der Waals surface area contributed by atoms with Gasteiger partial charge in [-0.25, -0.2) is 0 Å². The van der Waals surface area contributed by atoms with Crippen molar-refractivity contribution in [1.29, 1.82) is 0 Å². The molecule has 0 N–H and O–H groups in total. The molecule has 1 saturated heterocycles. The predicted octanol–water partition coefficient (Wildman–Crippen LogP) is 2.78. The highest BCUT2D eigenvalue weighted by molar-refractivity contribution is 5.28. The number of rotatable bonds is 5. The summed E-state index contributed by atoms with van der Waals surface area (Å²) in [6.45, 7) is 7.03. The number of benzene rings is 1. The molecule has 23 heavy (non-hydrogen) atoms. The number of hydrogen-bond donors (Lipinski definition) is 0. The van der Waals surface area contributed by atoms with E-state index in [1.165, 1.54) is 5.56 Å². The largest absolute Gasteiger partial charge is 0.497 e. The lowest BCUT2D eigenvalue weighted by Gasteiger charge is -2.33. The van der Waals surface area contributed by atoms with Gasteiger partial charge in [0.1, 0.15) is 5.75 Å². The van der Waals surface area contributed by atoms with Gasteiger partial charge in [0.25, 0.3) is 0 Å². The standard InChI is InChI=1S/C17H23N3O3/c1-12(2)17-18-16(19-23-17)15-11-22-8-7-20(15)10-13-5-4-6-14(9-13)21-3/h4-6,9,12,15H,7-8,10-11H2,1-3H3/t15-/m0/s1. The Labute approximate surface area is 136 Å². The van der Waals surface area contributed by atoms with Crippen LogP contribution in [-0.4, -0.2) is 41.9 Å². The zero-order valence-electron chi connectivity index (χ0n) is 13.9. The molecule has 1 aromatic heterocycles. The Bertz CT molecular complexity index is 642. The summed E-state index contributed by atoms with van der Waals surface area (Å²) in [5, 5.41) is 4.15. The van der Waals surface area contributed by atoms with Crippen molar-refractivity contribution in [2.45, 2.75) is 32.4 Å². The van der Waals surface area contributed by atoms with Crippen LogP contribution in [0.4, 0.5) is 0 Å². The van der Waals surface area contributed by atoms with E-state index in [0.29, 0.717) is 18.3 Å². The number of aromatic nitrogens is 2. The molecule has 0 bridgehead atoms. The van der Waals surface area contributed by atoms with Gasteiger partial charge < -0.3 is 14.0 Å². The fraction of sp³-hybridized carbons (Fsp3) is 0.529. The number of ether oxygens (including phenoxy) is 2. The van der Waals surface area contributed by atoms with Gasteiger partial charge in [-0.15, -0.1) is 0 Å². The van der Waals surface area contributed by atoms with E-state index in [2.05, 4.69) is 27.2 Å². The van der Waals surface area contributed by atoms with Gasteiger partial charge in [0.05, 0.1) is 26.4 Å². The Balaban J connectivity index is 1.77. The van der Waals surface area contributed by atoms with E-state index in [-0.39, 0.29) is 12.0 Å². The molecular formula is C17H23N3O3. The first kappa shape index (κ1) is 16.0. The maximum absolute atomic E-state index is 5.63. The van der Waals surface area contributed by atoms with Crippen molar-refractivity contribution in [2.24, 2.45) is 0 Å². The van der Waals surface area contributed by atoms with Crippen molar-refractivity contribution in [3.8, 4) is 5.75 Å². The topological polar surface area (TPSA) is 60.6 Å². The summed E-state index contributed by atoms with van der Waals surface area (Å²) in [5.74, 6) is 2.48. The monoisotopic (exact) mass is 317 g/mol. The molecule has 6 heteroatoms.